The summed E-state index contributed by atoms with van der Waals surface area (Å²) in [5.74, 6) is 0. The van der Waals surface area contributed by atoms with Crippen LogP contribution < -0.4 is 5.32 Å². The molecular weight excluding hydrogens is 142 g/mol. The normalized spacial score (nSPS) is 15.0. The zero-order valence-corrected chi connectivity index (χ0v) is 7.85. The Bertz CT molecular complexity index is 98.8. The highest BCUT2D eigenvalue weighted by Crippen LogP contribution is 2.06. The number of ether oxygens (including phenoxy) is 1. The number of likely N-dealkylation sites (N-methyl/N-ethyl adjacent to an activating group) is 1. The fourth-order valence-electron chi connectivity index (χ4n) is 0.641. The number of hydrogen-bond donors (Lipinski definition) is 2. The molecule has 0 unspecified atom stereocenters. The molecule has 0 rings (SSSR count). The van der Waals surface area contributed by atoms with E-state index in [1.54, 1.807) is 7.05 Å². The predicted octanol–water partition coefficient (Wildman–Crippen LogP) is 0.382. The molecule has 11 heavy (non-hydrogen) atoms. The van der Waals surface area contributed by atoms with Gasteiger partial charge in [0.2, 0.25) is 0 Å². The molecule has 1 atom stereocenters. The Labute approximate surface area is 68.8 Å². The van der Waals surface area contributed by atoms with E-state index in [-0.39, 0.29) is 5.60 Å². The summed E-state index contributed by atoms with van der Waals surface area (Å²) in [6.45, 7) is 6.89. The lowest BCUT2D eigenvalue weighted by molar-refractivity contribution is -0.0474. The standard InChI is InChI=1S/C8H19NO2/c1-8(2,3)11-6-7(10)5-9-4/h7,9-10H,5-6H2,1-4H3/t7-/m0/s1. The average molecular weight is 161 g/mol. The van der Waals surface area contributed by atoms with Gasteiger partial charge in [-0.05, 0) is 27.8 Å². The van der Waals surface area contributed by atoms with E-state index in [0.29, 0.717) is 13.2 Å². The van der Waals surface area contributed by atoms with Gasteiger partial charge in [0.25, 0.3) is 0 Å². The summed E-state index contributed by atoms with van der Waals surface area (Å²) in [6, 6.07) is 0. The van der Waals surface area contributed by atoms with E-state index in [1.807, 2.05) is 20.8 Å². The van der Waals surface area contributed by atoms with Crippen molar-refractivity contribution in [2.45, 2.75) is 32.5 Å². The van der Waals surface area contributed by atoms with Crippen molar-refractivity contribution in [3.05, 3.63) is 0 Å². The van der Waals surface area contributed by atoms with Crippen LogP contribution in [0.5, 0.6) is 0 Å². The Balaban J connectivity index is 3.38. The van der Waals surface area contributed by atoms with Crippen molar-refractivity contribution in [3.8, 4) is 0 Å². The lowest BCUT2D eigenvalue weighted by atomic mass is 10.2. The summed E-state index contributed by atoms with van der Waals surface area (Å²) < 4.78 is 5.35. The minimum absolute atomic E-state index is 0.158. The summed E-state index contributed by atoms with van der Waals surface area (Å²) in [5.41, 5.74) is -0.158. The van der Waals surface area contributed by atoms with Crippen LogP contribution >= 0.6 is 0 Å². The molecule has 0 bridgehead atoms. The molecule has 0 aliphatic carbocycles. The van der Waals surface area contributed by atoms with Crippen LogP contribution in [0, 0.1) is 0 Å². The second-order valence-electron chi connectivity index (χ2n) is 3.63. The molecule has 0 saturated carbocycles. The van der Waals surface area contributed by atoms with Gasteiger partial charge in [0, 0.05) is 6.54 Å². The Morgan fingerprint density at radius 3 is 2.36 bits per heavy atom. The average Bonchev–Trinajstić information content (AvgIpc) is 1.83. The first-order chi connectivity index (χ1) is 4.95. The maximum atomic E-state index is 9.22. The predicted molar refractivity (Wildman–Crippen MR) is 45.6 cm³/mol. The van der Waals surface area contributed by atoms with Crippen molar-refractivity contribution < 1.29 is 9.84 Å². The van der Waals surface area contributed by atoms with E-state index in [4.69, 9.17) is 4.74 Å². The number of rotatable bonds is 4. The fraction of sp³-hybridized carbons (Fsp3) is 1.00. The Hall–Kier alpha value is -0.120. The van der Waals surface area contributed by atoms with Crippen LogP contribution in [0.15, 0.2) is 0 Å². The fourth-order valence-corrected chi connectivity index (χ4v) is 0.641. The molecule has 2 N–H and O–H groups in total. The van der Waals surface area contributed by atoms with Crippen molar-refractivity contribution >= 4 is 0 Å². The van der Waals surface area contributed by atoms with Crippen molar-refractivity contribution in [1.29, 1.82) is 0 Å². The second-order valence-corrected chi connectivity index (χ2v) is 3.63. The summed E-state index contributed by atoms with van der Waals surface area (Å²) in [5, 5.41) is 12.1. The maximum Gasteiger partial charge on any atom is 0.0897 e. The molecule has 3 heteroatoms. The minimum atomic E-state index is -0.403. The number of hydrogen-bond acceptors (Lipinski definition) is 3. The van der Waals surface area contributed by atoms with Crippen LogP contribution in [-0.4, -0.2) is 37.0 Å². The third-order valence-electron chi connectivity index (χ3n) is 1.15. The van der Waals surface area contributed by atoms with Crippen molar-refractivity contribution in [2.75, 3.05) is 20.2 Å². The summed E-state index contributed by atoms with van der Waals surface area (Å²) in [4.78, 5) is 0. The molecule has 0 amide bonds. The molecule has 0 spiro atoms. The van der Waals surface area contributed by atoms with E-state index in [2.05, 4.69) is 5.32 Å². The molecular formula is C8H19NO2. The van der Waals surface area contributed by atoms with Gasteiger partial charge in [-0.15, -0.1) is 0 Å². The largest absolute Gasteiger partial charge is 0.389 e. The smallest absolute Gasteiger partial charge is 0.0897 e. The minimum Gasteiger partial charge on any atom is -0.389 e. The van der Waals surface area contributed by atoms with Crippen LogP contribution in [-0.2, 0) is 4.74 Å². The third-order valence-corrected chi connectivity index (χ3v) is 1.15. The van der Waals surface area contributed by atoms with E-state index >= 15 is 0 Å². The Kier molecular flexibility index (Phi) is 4.65. The first-order valence-corrected chi connectivity index (χ1v) is 3.92. The first kappa shape index (κ1) is 10.9. The molecule has 0 aliphatic rings. The zero-order valence-electron chi connectivity index (χ0n) is 7.85. The third kappa shape index (κ3) is 7.78. The molecule has 3 nitrogen and oxygen atoms in total. The van der Waals surface area contributed by atoms with Gasteiger partial charge in [-0.25, -0.2) is 0 Å². The van der Waals surface area contributed by atoms with Gasteiger partial charge >= 0.3 is 0 Å². The molecule has 0 heterocycles. The highest BCUT2D eigenvalue weighted by molar-refractivity contribution is 4.62. The molecule has 0 aromatic carbocycles. The molecule has 0 fully saturated rings. The molecule has 0 aromatic heterocycles. The SMILES string of the molecule is CNC[C@H](O)COC(C)(C)C. The van der Waals surface area contributed by atoms with E-state index in [0.717, 1.165) is 0 Å². The van der Waals surface area contributed by atoms with Gasteiger partial charge < -0.3 is 15.2 Å². The van der Waals surface area contributed by atoms with E-state index in [9.17, 15) is 5.11 Å². The molecule has 0 aromatic rings. The topological polar surface area (TPSA) is 41.5 Å². The van der Waals surface area contributed by atoms with Gasteiger partial charge in [0.05, 0.1) is 18.3 Å². The molecule has 0 saturated heterocycles. The van der Waals surface area contributed by atoms with Gasteiger partial charge in [-0.2, -0.15) is 0 Å². The quantitative estimate of drug-likeness (QED) is 0.626. The van der Waals surface area contributed by atoms with Crippen LogP contribution in [0.3, 0.4) is 0 Å². The molecule has 0 aliphatic heterocycles. The lowest BCUT2D eigenvalue weighted by Gasteiger charge is -2.21. The van der Waals surface area contributed by atoms with Crippen LogP contribution in [0.1, 0.15) is 20.8 Å². The van der Waals surface area contributed by atoms with Gasteiger partial charge in [0.1, 0.15) is 0 Å². The monoisotopic (exact) mass is 161 g/mol. The summed E-state index contributed by atoms with van der Waals surface area (Å²) in [7, 11) is 1.81. The van der Waals surface area contributed by atoms with Crippen molar-refractivity contribution in [2.24, 2.45) is 0 Å². The van der Waals surface area contributed by atoms with Crippen LogP contribution in [0.25, 0.3) is 0 Å². The lowest BCUT2D eigenvalue weighted by Crippen LogP contribution is -2.32. The summed E-state index contributed by atoms with van der Waals surface area (Å²) in [6.07, 6.45) is -0.403. The number of aliphatic hydroxyl groups is 1. The van der Waals surface area contributed by atoms with Gasteiger partial charge in [0.15, 0.2) is 0 Å². The Morgan fingerprint density at radius 2 is 2.00 bits per heavy atom. The number of nitrogens with one attached hydrogen (secondary N) is 1. The van der Waals surface area contributed by atoms with E-state index < -0.39 is 6.10 Å². The summed E-state index contributed by atoms with van der Waals surface area (Å²) >= 11 is 0. The molecule has 0 radical (unpaired) electrons. The van der Waals surface area contributed by atoms with Crippen molar-refractivity contribution in [1.82, 2.24) is 5.32 Å². The zero-order chi connectivity index (χ0) is 8.91. The van der Waals surface area contributed by atoms with Crippen LogP contribution in [0.4, 0.5) is 0 Å². The highest BCUT2D eigenvalue weighted by Gasteiger charge is 2.12. The second kappa shape index (κ2) is 4.70. The first-order valence-electron chi connectivity index (χ1n) is 3.92. The highest BCUT2D eigenvalue weighted by atomic mass is 16.5. The number of aliphatic hydroxyl groups excluding tert-OH is 1. The molecule has 68 valence electrons. The Morgan fingerprint density at radius 1 is 1.45 bits per heavy atom. The van der Waals surface area contributed by atoms with Gasteiger partial charge in [-0.1, -0.05) is 0 Å². The maximum absolute atomic E-state index is 9.22. The van der Waals surface area contributed by atoms with Gasteiger partial charge in [-0.3, -0.25) is 0 Å². The van der Waals surface area contributed by atoms with Crippen molar-refractivity contribution in [3.63, 3.8) is 0 Å². The van der Waals surface area contributed by atoms with E-state index in [1.165, 1.54) is 0 Å². The van der Waals surface area contributed by atoms with Crippen LogP contribution in [0.2, 0.25) is 0 Å².